The summed E-state index contributed by atoms with van der Waals surface area (Å²) < 4.78 is 0. The number of hydrazone groups is 1. The van der Waals surface area contributed by atoms with Crippen molar-refractivity contribution in [2.45, 2.75) is 44.9 Å². The third kappa shape index (κ3) is 4.29. The average molecular weight is 412 g/mol. The molecule has 4 N–H and O–H groups in total. The first-order valence-corrected chi connectivity index (χ1v) is 11.0. The maximum absolute atomic E-state index is 11.9. The zero-order valence-corrected chi connectivity index (χ0v) is 18.0. The number of aromatic nitrogens is 1. The Labute approximate surface area is 178 Å². The molecule has 0 radical (unpaired) electrons. The minimum Gasteiger partial charge on any atom is -0.363 e. The van der Waals surface area contributed by atoms with E-state index in [4.69, 9.17) is 5.73 Å². The topological polar surface area (TPSA) is 93.0 Å². The van der Waals surface area contributed by atoms with E-state index in [1.165, 1.54) is 10.9 Å². The monoisotopic (exact) mass is 411 g/mol. The Kier molecular flexibility index (Phi) is 6.24. The molecule has 8 nitrogen and oxygen atoms in total. The Morgan fingerprint density at radius 1 is 1.27 bits per heavy atom. The number of aromatic amines is 1. The zero-order valence-electron chi connectivity index (χ0n) is 18.0. The molecule has 1 aromatic heterocycles. The van der Waals surface area contributed by atoms with Gasteiger partial charge in [0.2, 0.25) is 5.84 Å². The second-order valence-electron chi connectivity index (χ2n) is 8.41. The van der Waals surface area contributed by atoms with Gasteiger partial charge in [-0.1, -0.05) is 38.0 Å². The van der Waals surface area contributed by atoms with Crippen LogP contribution in [0, 0.1) is 0 Å². The van der Waals surface area contributed by atoms with Gasteiger partial charge >= 0.3 is 0 Å². The van der Waals surface area contributed by atoms with Crippen molar-refractivity contribution in [2.75, 3.05) is 33.2 Å². The van der Waals surface area contributed by atoms with Crippen molar-refractivity contribution in [2.24, 2.45) is 10.8 Å². The summed E-state index contributed by atoms with van der Waals surface area (Å²) in [7, 11) is 2.14. The van der Waals surface area contributed by atoms with Crippen LogP contribution in [0.4, 0.5) is 0 Å². The number of hydrogen-bond acceptors (Lipinski definition) is 6. The largest absolute Gasteiger partial charge is 0.363 e. The number of nitrogens with zero attached hydrogens (tertiary/aromatic N) is 4. The fourth-order valence-corrected chi connectivity index (χ4v) is 4.44. The van der Waals surface area contributed by atoms with Crippen LogP contribution in [-0.2, 0) is 11.2 Å². The lowest BCUT2D eigenvalue weighted by atomic mass is 10.00. The van der Waals surface area contributed by atoms with Gasteiger partial charge in [0, 0.05) is 43.3 Å². The van der Waals surface area contributed by atoms with Gasteiger partial charge in [0.25, 0.3) is 5.91 Å². The normalized spacial score (nSPS) is 21.6. The van der Waals surface area contributed by atoms with Gasteiger partial charge in [-0.3, -0.25) is 14.7 Å². The van der Waals surface area contributed by atoms with E-state index in [9.17, 15) is 4.79 Å². The fraction of sp³-hybridized carbons (Fsp3) is 0.545. The lowest BCUT2D eigenvalue weighted by Crippen LogP contribution is -2.60. The maximum atomic E-state index is 11.9. The van der Waals surface area contributed by atoms with Crippen molar-refractivity contribution in [3.05, 3.63) is 36.0 Å². The highest BCUT2D eigenvalue weighted by Crippen LogP contribution is 2.26. The van der Waals surface area contributed by atoms with Crippen molar-refractivity contribution in [1.82, 2.24) is 25.1 Å². The number of para-hydroxylation sites is 1. The van der Waals surface area contributed by atoms with E-state index in [0.29, 0.717) is 0 Å². The fourth-order valence-electron chi connectivity index (χ4n) is 4.44. The highest BCUT2D eigenvalue weighted by Gasteiger charge is 2.37. The van der Waals surface area contributed by atoms with Gasteiger partial charge in [0.05, 0.1) is 6.04 Å². The molecule has 4 rings (SSSR count). The minimum absolute atomic E-state index is 0.131. The van der Waals surface area contributed by atoms with Gasteiger partial charge in [-0.05, 0) is 31.5 Å². The van der Waals surface area contributed by atoms with E-state index in [0.717, 1.165) is 57.4 Å². The van der Waals surface area contributed by atoms with Crippen LogP contribution >= 0.6 is 0 Å². The number of nitrogens with two attached hydrogens (primary N) is 1. The van der Waals surface area contributed by atoms with E-state index in [1.54, 1.807) is 0 Å². The molecule has 2 aliphatic rings. The van der Waals surface area contributed by atoms with Crippen LogP contribution in [0.3, 0.4) is 0 Å². The smallest absolute Gasteiger partial charge is 0.286 e. The van der Waals surface area contributed by atoms with Crippen LogP contribution in [0.2, 0.25) is 0 Å². The predicted octanol–water partition coefficient (Wildman–Crippen LogP) is 1.50. The summed E-state index contributed by atoms with van der Waals surface area (Å²) in [6.45, 7) is 6.07. The summed E-state index contributed by atoms with van der Waals surface area (Å²) in [5.74, 6) is -0.239. The van der Waals surface area contributed by atoms with Crippen LogP contribution in [0.15, 0.2) is 35.6 Å². The molecule has 0 bridgehead atoms. The standard InChI is InChI=1S/C22H33N7O/c1-3-4-7-17(14-16-15-24-19-9-6-5-8-18(16)19)29-22(25-21(26-29)20(23)30)28-12-10-27(2)11-13-28/h5-6,8-9,15,17,22,24H,3-4,7,10-14H2,1-2H3,(H2,23,30)(H,25,26). The molecule has 0 spiro atoms. The summed E-state index contributed by atoms with van der Waals surface area (Å²) >= 11 is 0. The third-order valence-corrected chi connectivity index (χ3v) is 6.24. The van der Waals surface area contributed by atoms with Gasteiger partial charge < -0.3 is 20.9 Å². The quantitative estimate of drug-likeness (QED) is 0.612. The lowest BCUT2D eigenvalue weighted by molar-refractivity contribution is -0.112. The van der Waals surface area contributed by atoms with Gasteiger partial charge in [0.15, 0.2) is 6.29 Å². The zero-order chi connectivity index (χ0) is 21.1. The molecule has 8 heteroatoms. The van der Waals surface area contributed by atoms with Crippen molar-refractivity contribution < 1.29 is 4.79 Å². The summed E-state index contributed by atoms with van der Waals surface area (Å²) in [6.07, 6.45) is 6.09. The molecule has 1 saturated heterocycles. The van der Waals surface area contributed by atoms with Crippen LogP contribution in [0.1, 0.15) is 31.7 Å². The van der Waals surface area contributed by atoms with Crippen LogP contribution in [-0.4, -0.2) is 77.1 Å². The number of H-pyrrole nitrogens is 1. The second-order valence-corrected chi connectivity index (χ2v) is 8.41. The lowest BCUT2D eigenvalue weighted by Gasteiger charge is -2.41. The molecule has 162 valence electrons. The van der Waals surface area contributed by atoms with Gasteiger partial charge in [-0.2, -0.15) is 5.10 Å². The molecule has 3 heterocycles. The number of amidine groups is 1. The third-order valence-electron chi connectivity index (χ3n) is 6.24. The highest BCUT2D eigenvalue weighted by molar-refractivity contribution is 6.37. The molecule has 0 aliphatic carbocycles. The summed E-state index contributed by atoms with van der Waals surface area (Å²) in [4.78, 5) is 20.0. The molecule has 1 amide bonds. The Balaban J connectivity index is 1.61. The molecular formula is C22H33N7O. The Bertz CT molecular complexity index is 900. The number of carbonyl (C=O) groups excluding carboxylic acids is 1. The number of nitrogens with one attached hydrogen (secondary N) is 2. The first-order valence-electron chi connectivity index (χ1n) is 11.0. The van der Waals surface area contributed by atoms with Crippen LogP contribution < -0.4 is 11.1 Å². The molecule has 2 atom stereocenters. The molecule has 1 aromatic carbocycles. The van der Waals surface area contributed by atoms with Crippen molar-refractivity contribution in [3.63, 3.8) is 0 Å². The Morgan fingerprint density at radius 3 is 2.77 bits per heavy atom. The molecule has 30 heavy (non-hydrogen) atoms. The van der Waals surface area contributed by atoms with Crippen molar-refractivity contribution in [1.29, 1.82) is 0 Å². The number of rotatable bonds is 8. The van der Waals surface area contributed by atoms with Crippen LogP contribution in [0.5, 0.6) is 0 Å². The summed E-state index contributed by atoms with van der Waals surface area (Å²) in [5, 5.41) is 11.3. The summed E-state index contributed by atoms with van der Waals surface area (Å²) in [5.41, 5.74) is 8.03. The van der Waals surface area contributed by atoms with Crippen molar-refractivity contribution in [3.8, 4) is 0 Å². The Hall–Kier alpha value is -2.58. The second kappa shape index (κ2) is 9.06. The SMILES string of the molecule is CCCCC(Cc1c[nH]c2ccccc12)N1N=C(C(N)=O)NC1N1CCN(C)CC1. The van der Waals surface area contributed by atoms with Crippen LogP contribution in [0.25, 0.3) is 10.9 Å². The van der Waals surface area contributed by atoms with E-state index >= 15 is 0 Å². The van der Waals surface area contributed by atoms with Gasteiger partial charge in [0.1, 0.15) is 0 Å². The Morgan fingerprint density at radius 2 is 2.03 bits per heavy atom. The highest BCUT2D eigenvalue weighted by atomic mass is 16.1. The molecule has 1 fully saturated rings. The number of piperazine rings is 1. The molecule has 2 unspecified atom stereocenters. The van der Waals surface area contributed by atoms with Gasteiger partial charge in [-0.25, -0.2) is 0 Å². The molecule has 2 aromatic rings. The molecular weight excluding hydrogens is 378 g/mol. The number of amides is 1. The number of primary amides is 1. The van der Waals surface area contributed by atoms with E-state index in [2.05, 4.69) is 74.6 Å². The van der Waals surface area contributed by atoms with Crippen molar-refractivity contribution >= 4 is 22.6 Å². The number of carbonyl (C=O) groups is 1. The number of unbranched alkanes of at least 4 members (excludes halogenated alkanes) is 1. The minimum atomic E-state index is -0.502. The first kappa shape index (κ1) is 20.7. The van der Waals surface area contributed by atoms with E-state index in [-0.39, 0.29) is 18.2 Å². The van der Waals surface area contributed by atoms with E-state index in [1.807, 2.05) is 0 Å². The van der Waals surface area contributed by atoms with Gasteiger partial charge in [-0.15, -0.1) is 0 Å². The number of hydrogen-bond donors (Lipinski definition) is 3. The number of fused-ring (bicyclic) bond motifs is 1. The predicted molar refractivity (Wildman–Crippen MR) is 120 cm³/mol. The van der Waals surface area contributed by atoms with E-state index < -0.39 is 5.91 Å². The average Bonchev–Trinajstić information content (AvgIpc) is 3.37. The number of likely N-dealkylation sites (N-methyl/N-ethyl adjacent to an activating group) is 1. The first-order chi connectivity index (χ1) is 14.6. The molecule has 0 saturated carbocycles. The maximum Gasteiger partial charge on any atom is 0.286 e. The summed E-state index contributed by atoms with van der Waals surface area (Å²) in [6, 6.07) is 8.57. The number of benzene rings is 1. The molecule has 2 aliphatic heterocycles.